The van der Waals surface area contributed by atoms with Gasteiger partial charge in [-0.05, 0) is 37.6 Å². The second kappa shape index (κ2) is 7.16. The molecule has 2 amide bonds. The Labute approximate surface area is 120 Å². The molecule has 1 unspecified atom stereocenters. The van der Waals surface area contributed by atoms with Gasteiger partial charge in [0, 0.05) is 25.3 Å². The van der Waals surface area contributed by atoms with Crippen molar-refractivity contribution in [2.45, 2.75) is 25.7 Å². The molecule has 0 aromatic heterocycles. The van der Waals surface area contributed by atoms with Gasteiger partial charge in [0.15, 0.2) is 0 Å². The van der Waals surface area contributed by atoms with E-state index in [1.807, 2.05) is 6.92 Å². The van der Waals surface area contributed by atoms with Crippen LogP contribution in [0.2, 0.25) is 0 Å². The van der Waals surface area contributed by atoms with E-state index in [0.717, 1.165) is 12.1 Å². The van der Waals surface area contributed by atoms with Gasteiger partial charge in [0.25, 0.3) is 0 Å². The maximum absolute atomic E-state index is 12.0. The summed E-state index contributed by atoms with van der Waals surface area (Å²) in [6.45, 7) is 2.32. The molecule has 0 radical (unpaired) electrons. The molecule has 0 saturated carbocycles. The van der Waals surface area contributed by atoms with Crippen molar-refractivity contribution in [1.29, 1.82) is 0 Å². The molecule has 0 spiro atoms. The zero-order valence-electron chi connectivity index (χ0n) is 11.8. The van der Waals surface area contributed by atoms with Crippen molar-refractivity contribution in [2.24, 2.45) is 5.73 Å². The number of nitrogens with two attached hydrogens (primary N) is 1. The Kier molecular flexibility index (Phi) is 5.83. The molecule has 0 aliphatic heterocycles. The summed E-state index contributed by atoms with van der Waals surface area (Å²) in [5, 5.41) is 2.56. The number of rotatable bonds is 5. The van der Waals surface area contributed by atoms with Gasteiger partial charge in [0.05, 0.1) is 0 Å². The number of anilines is 1. The third kappa shape index (κ3) is 6.84. The predicted molar refractivity (Wildman–Crippen MR) is 73.0 cm³/mol. The van der Waals surface area contributed by atoms with Crippen LogP contribution in [0.15, 0.2) is 24.3 Å². The number of carbonyl (C=O) groups is 1. The second-order valence-corrected chi connectivity index (χ2v) is 4.69. The topological polar surface area (TPSA) is 67.6 Å². The normalized spacial score (nSPS) is 12.7. The Hall–Kier alpha value is -1.96. The summed E-state index contributed by atoms with van der Waals surface area (Å²) in [6.07, 6.45) is -4.08. The van der Waals surface area contributed by atoms with Crippen molar-refractivity contribution in [3.63, 3.8) is 0 Å². The number of nitrogens with zero attached hydrogens (tertiary/aromatic N) is 1. The lowest BCUT2D eigenvalue weighted by Crippen LogP contribution is -2.34. The first kappa shape index (κ1) is 17.1. The third-order valence-corrected chi connectivity index (χ3v) is 2.61. The van der Waals surface area contributed by atoms with Crippen molar-refractivity contribution in [2.75, 3.05) is 18.9 Å². The monoisotopic (exact) mass is 305 g/mol. The van der Waals surface area contributed by atoms with Gasteiger partial charge in [-0.3, -0.25) is 0 Å². The minimum absolute atomic E-state index is 0.0148. The number of carbonyl (C=O) groups excluding carboxylic acids is 1. The van der Waals surface area contributed by atoms with Crippen molar-refractivity contribution in [3.05, 3.63) is 24.3 Å². The Balaban J connectivity index is 2.53. The SMILES string of the molecule is CC(N)CCN(C)C(=O)Nc1ccc(OC(F)(F)F)cc1. The van der Waals surface area contributed by atoms with Crippen LogP contribution >= 0.6 is 0 Å². The molecule has 0 fully saturated rings. The molecule has 0 saturated heterocycles. The number of urea groups is 1. The van der Waals surface area contributed by atoms with Crippen LogP contribution in [0, 0.1) is 0 Å². The fraction of sp³-hybridized carbons (Fsp3) is 0.462. The first-order chi connectivity index (χ1) is 9.67. The average molecular weight is 305 g/mol. The molecule has 0 bridgehead atoms. The quantitative estimate of drug-likeness (QED) is 0.879. The van der Waals surface area contributed by atoms with E-state index in [9.17, 15) is 18.0 Å². The van der Waals surface area contributed by atoms with E-state index < -0.39 is 6.36 Å². The largest absolute Gasteiger partial charge is 0.573 e. The number of hydrogen-bond acceptors (Lipinski definition) is 3. The molecule has 3 N–H and O–H groups in total. The number of halogens is 3. The molecular weight excluding hydrogens is 287 g/mol. The van der Waals surface area contributed by atoms with E-state index in [4.69, 9.17) is 5.73 Å². The fourth-order valence-electron chi connectivity index (χ4n) is 1.46. The summed E-state index contributed by atoms with van der Waals surface area (Å²) in [6, 6.07) is 4.55. The molecule has 21 heavy (non-hydrogen) atoms. The van der Waals surface area contributed by atoms with Crippen LogP contribution in [0.4, 0.5) is 23.7 Å². The van der Waals surface area contributed by atoms with Gasteiger partial charge in [-0.2, -0.15) is 0 Å². The average Bonchev–Trinajstić information content (AvgIpc) is 2.36. The zero-order valence-corrected chi connectivity index (χ0v) is 11.8. The molecule has 118 valence electrons. The maximum Gasteiger partial charge on any atom is 0.573 e. The highest BCUT2D eigenvalue weighted by Crippen LogP contribution is 2.23. The van der Waals surface area contributed by atoms with Crippen molar-refractivity contribution in [1.82, 2.24) is 4.90 Å². The number of hydrogen-bond donors (Lipinski definition) is 2. The van der Waals surface area contributed by atoms with Gasteiger partial charge in [-0.15, -0.1) is 13.2 Å². The molecule has 1 atom stereocenters. The lowest BCUT2D eigenvalue weighted by Gasteiger charge is -2.19. The number of amides is 2. The van der Waals surface area contributed by atoms with Crippen molar-refractivity contribution >= 4 is 11.7 Å². The van der Waals surface area contributed by atoms with Crippen LogP contribution in [0.3, 0.4) is 0 Å². The zero-order chi connectivity index (χ0) is 16.0. The van der Waals surface area contributed by atoms with E-state index >= 15 is 0 Å². The van der Waals surface area contributed by atoms with Crippen molar-refractivity contribution in [3.8, 4) is 5.75 Å². The van der Waals surface area contributed by atoms with Gasteiger partial charge >= 0.3 is 12.4 Å². The Morgan fingerprint density at radius 1 is 1.38 bits per heavy atom. The molecule has 0 heterocycles. The Morgan fingerprint density at radius 2 is 1.95 bits per heavy atom. The molecule has 0 aliphatic carbocycles. The highest BCUT2D eigenvalue weighted by molar-refractivity contribution is 5.89. The molecular formula is C13H18F3N3O2. The van der Waals surface area contributed by atoms with Crippen LogP contribution in [0.1, 0.15) is 13.3 Å². The summed E-state index contributed by atoms with van der Waals surface area (Å²) < 4.78 is 39.7. The van der Waals surface area contributed by atoms with Gasteiger partial charge in [0.1, 0.15) is 5.75 Å². The van der Waals surface area contributed by atoms with E-state index in [1.54, 1.807) is 7.05 Å². The van der Waals surface area contributed by atoms with Crippen LogP contribution < -0.4 is 15.8 Å². The lowest BCUT2D eigenvalue weighted by molar-refractivity contribution is -0.274. The summed E-state index contributed by atoms with van der Waals surface area (Å²) in [5.41, 5.74) is 5.97. The first-order valence-electron chi connectivity index (χ1n) is 6.31. The Morgan fingerprint density at radius 3 is 2.43 bits per heavy atom. The number of benzene rings is 1. The van der Waals surface area contributed by atoms with E-state index in [0.29, 0.717) is 18.7 Å². The smallest absolute Gasteiger partial charge is 0.406 e. The molecule has 1 rings (SSSR count). The van der Waals surface area contributed by atoms with E-state index in [1.165, 1.54) is 17.0 Å². The summed E-state index contributed by atoms with van der Waals surface area (Å²) >= 11 is 0. The Bertz CT molecular complexity index is 461. The van der Waals surface area contributed by atoms with Gasteiger partial charge < -0.3 is 20.7 Å². The second-order valence-electron chi connectivity index (χ2n) is 4.69. The van der Waals surface area contributed by atoms with E-state index in [-0.39, 0.29) is 17.8 Å². The lowest BCUT2D eigenvalue weighted by atomic mass is 10.2. The van der Waals surface area contributed by atoms with Gasteiger partial charge in [-0.1, -0.05) is 0 Å². The third-order valence-electron chi connectivity index (χ3n) is 2.61. The standard InChI is InChI=1S/C13H18F3N3O2/c1-9(17)7-8-19(2)12(20)18-10-3-5-11(6-4-10)21-13(14,15)16/h3-6,9H,7-8,17H2,1-2H3,(H,18,20). The highest BCUT2D eigenvalue weighted by atomic mass is 19.4. The fourth-order valence-corrected chi connectivity index (χ4v) is 1.46. The minimum Gasteiger partial charge on any atom is -0.406 e. The number of nitrogens with one attached hydrogen (secondary N) is 1. The van der Waals surface area contributed by atoms with E-state index in [2.05, 4.69) is 10.1 Å². The summed E-state index contributed by atoms with van der Waals surface area (Å²) in [7, 11) is 1.61. The van der Waals surface area contributed by atoms with Crippen LogP contribution in [0.25, 0.3) is 0 Å². The molecule has 1 aromatic carbocycles. The van der Waals surface area contributed by atoms with Gasteiger partial charge in [-0.25, -0.2) is 4.79 Å². The molecule has 1 aromatic rings. The predicted octanol–water partition coefficient (Wildman–Crippen LogP) is 2.79. The molecule has 8 heteroatoms. The van der Waals surface area contributed by atoms with Crippen molar-refractivity contribution < 1.29 is 22.7 Å². The minimum atomic E-state index is -4.73. The maximum atomic E-state index is 12.0. The summed E-state index contributed by atoms with van der Waals surface area (Å²) in [5.74, 6) is -0.342. The first-order valence-corrected chi connectivity index (χ1v) is 6.31. The molecule has 5 nitrogen and oxygen atoms in total. The highest BCUT2D eigenvalue weighted by Gasteiger charge is 2.30. The van der Waals surface area contributed by atoms with Gasteiger partial charge in [0.2, 0.25) is 0 Å². The summed E-state index contributed by atoms with van der Waals surface area (Å²) in [4.78, 5) is 13.2. The van der Waals surface area contributed by atoms with Crippen LogP contribution in [-0.2, 0) is 0 Å². The van der Waals surface area contributed by atoms with Crippen LogP contribution in [0.5, 0.6) is 5.75 Å². The number of ether oxygens (including phenoxy) is 1. The molecule has 0 aliphatic rings. The number of alkyl halides is 3. The van der Waals surface area contributed by atoms with Crippen LogP contribution in [-0.4, -0.2) is 36.9 Å².